The second-order valence-corrected chi connectivity index (χ2v) is 5.23. The summed E-state index contributed by atoms with van der Waals surface area (Å²) >= 11 is 3.39. The number of amides is 1. The summed E-state index contributed by atoms with van der Waals surface area (Å²) in [6.45, 7) is 1.80. The van der Waals surface area contributed by atoms with Crippen molar-refractivity contribution in [3.63, 3.8) is 0 Å². The third kappa shape index (κ3) is 3.42. The van der Waals surface area contributed by atoms with Crippen LogP contribution in [0.25, 0.3) is 0 Å². The molecule has 5 heteroatoms. The minimum absolute atomic E-state index is 0.0404. The molecule has 1 N–H and O–H groups in total. The van der Waals surface area contributed by atoms with Crippen molar-refractivity contribution in [2.75, 3.05) is 0 Å². The van der Waals surface area contributed by atoms with Crippen LogP contribution in [0.4, 0.5) is 8.78 Å². The first-order valence-electron chi connectivity index (χ1n) is 5.99. The van der Waals surface area contributed by atoms with E-state index >= 15 is 0 Å². The molecule has 0 fully saturated rings. The largest absolute Gasteiger partial charge is 0.345 e. The molecule has 0 heterocycles. The lowest BCUT2D eigenvalue weighted by Crippen LogP contribution is -2.27. The summed E-state index contributed by atoms with van der Waals surface area (Å²) in [5, 5.41) is 2.71. The number of nitrogens with one attached hydrogen (secondary N) is 1. The van der Waals surface area contributed by atoms with E-state index in [2.05, 4.69) is 21.2 Å². The average Bonchev–Trinajstić information content (AvgIpc) is 2.37. The van der Waals surface area contributed by atoms with Crippen molar-refractivity contribution in [2.45, 2.75) is 13.0 Å². The number of rotatable bonds is 3. The second-order valence-electron chi connectivity index (χ2n) is 4.37. The van der Waals surface area contributed by atoms with Gasteiger partial charge in [0.25, 0.3) is 5.91 Å². The molecule has 2 nitrogen and oxygen atoms in total. The van der Waals surface area contributed by atoms with Gasteiger partial charge in [-0.2, -0.15) is 0 Å². The van der Waals surface area contributed by atoms with Crippen LogP contribution in [0.1, 0.15) is 28.9 Å². The van der Waals surface area contributed by atoms with E-state index < -0.39 is 17.5 Å². The third-order valence-corrected chi connectivity index (χ3v) is 3.57. The van der Waals surface area contributed by atoms with E-state index in [-0.39, 0.29) is 11.6 Å². The van der Waals surface area contributed by atoms with Gasteiger partial charge in [-0.3, -0.25) is 4.79 Å². The highest BCUT2D eigenvalue weighted by atomic mass is 79.9. The Kier molecular flexibility index (Phi) is 4.49. The summed E-state index contributed by atoms with van der Waals surface area (Å²) in [6.07, 6.45) is 0. The fraction of sp³-hybridized carbons (Fsp3) is 0.133. The summed E-state index contributed by atoms with van der Waals surface area (Å²) in [5.74, 6) is -2.07. The summed E-state index contributed by atoms with van der Waals surface area (Å²) in [7, 11) is 0. The maximum absolute atomic E-state index is 13.1. The molecule has 2 aromatic carbocycles. The van der Waals surface area contributed by atoms with E-state index in [9.17, 15) is 13.6 Å². The monoisotopic (exact) mass is 339 g/mol. The van der Waals surface area contributed by atoms with E-state index in [1.165, 1.54) is 0 Å². The van der Waals surface area contributed by atoms with Crippen molar-refractivity contribution in [1.82, 2.24) is 5.32 Å². The quantitative estimate of drug-likeness (QED) is 0.891. The molecule has 1 atom stereocenters. The lowest BCUT2D eigenvalue weighted by Gasteiger charge is -2.16. The first-order chi connectivity index (χ1) is 9.47. The first kappa shape index (κ1) is 14.7. The molecule has 0 saturated heterocycles. The molecule has 2 aromatic rings. The van der Waals surface area contributed by atoms with Crippen LogP contribution in [-0.2, 0) is 0 Å². The average molecular weight is 340 g/mol. The number of hydrogen-bond donors (Lipinski definition) is 1. The summed E-state index contributed by atoms with van der Waals surface area (Å²) in [5.41, 5.74) is 0.846. The minimum atomic E-state index is -0.774. The van der Waals surface area contributed by atoms with Crippen LogP contribution < -0.4 is 5.32 Å². The zero-order chi connectivity index (χ0) is 14.7. The highest BCUT2D eigenvalue weighted by Crippen LogP contribution is 2.23. The molecule has 0 spiro atoms. The molecule has 2 rings (SSSR count). The number of carbonyl (C=O) groups is 1. The summed E-state index contributed by atoms with van der Waals surface area (Å²) < 4.78 is 27.0. The molecule has 0 aliphatic heterocycles. The fourth-order valence-corrected chi connectivity index (χ4v) is 2.50. The van der Waals surface area contributed by atoms with Gasteiger partial charge in [0.1, 0.15) is 11.6 Å². The molecule has 104 valence electrons. The Morgan fingerprint density at radius 2 is 1.75 bits per heavy atom. The first-order valence-corrected chi connectivity index (χ1v) is 6.78. The van der Waals surface area contributed by atoms with Crippen molar-refractivity contribution in [3.05, 3.63) is 69.7 Å². The highest BCUT2D eigenvalue weighted by molar-refractivity contribution is 9.10. The Morgan fingerprint density at radius 1 is 1.15 bits per heavy atom. The molecule has 0 aromatic heterocycles. The molecule has 0 aliphatic rings. The molecule has 0 aliphatic carbocycles. The maximum atomic E-state index is 13.1. The number of hydrogen-bond acceptors (Lipinski definition) is 1. The van der Waals surface area contributed by atoms with Crippen molar-refractivity contribution in [3.8, 4) is 0 Å². The molecular formula is C15H12BrF2NO. The van der Waals surface area contributed by atoms with Gasteiger partial charge in [-0.15, -0.1) is 0 Å². The van der Waals surface area contributed by atoms with Crippen molar-refractivity contribution in [2.24, 2.45) is 0 Å². The lowest BCUT2D eigenvalue weighted by atomic mass is 10.1. The number of halogens is 3. The third-order valence-electron chi connectivity index (χ3n) is 2.84. The topological polar surface area (TPSA) is 29.1 Å². The van der Waals surface area contributed by atoms with Gasteiger partial charge in [-0.25, -0.2) is 8.78 Å². The van der Waals surface area contributed by atoms with Gasteiger partial charge in [0.05, 0.1) is 6.04 Å². The van der Waals surface area contributed by atoms with Gasteiger partial charge in [-0.1, -0.05) is 34.1 Å². The Balaban J connectivity index is 2.17. The van der Waals surface area contributed by atoms with Gasteiger partial charge >= 0.3 is 0 Å². The van der Waals surface area contributed by atoms with Gasteiger partial charge in [0, 0.05) is 16.1 Å². The lowest BCUT2D eigenvalue weighted by molar-refractivity contribution is 0.0939. The molecule has 0 radical (unpaired) electrons. The number of carbonyl (C=O) groups excluding carboxylic acids is 1. The van der Waals surface area contributed by atoms with Crippen LogP contribution in [0, 0.1) is 11.6 Å². The second kappa shape index (κ2) is 6.13. The van der Waals surface area contributed by atoms with Crippen LogP contribution >= 0.6 is 15.9 Å². The van der Waals surface area contributed by atoms with Gasteiger partial charge in [-0.05, 0) is 30.7 Å². The standard InChI is InChI=1S/C15H12BrF2NO/c1-9(13-4-2-3-5-14(13)16)19-15(20)10-6-11(17)8-12(18)7-10/h2-9H,1H3,(H,19,20)/t9-/m1/s1. The SMILES string of the molecule is C[C@@H](NC(=O)c1cc(F)cc(F)c1)c1ccccc1Br. The molecule has 0 bridgehead atoms. The predicted molar refractivity (Wildman–Crippen MR) is 76.4 cm³/mol. The van der Waals surface area contributed by atoms with Gasteiger partial charge in [0.2, 0.25) is 0 Å². The van der Waals surface area contributed by atoms with Crippen molar-refractivity contribution >= 4 is 21.8 Å². The Hall–Kier alpha value is -1.75. The smallest absolute Gasteiger partial charge is 0.251 e. The van der Waals surface area contributed by atoms with E-state index in [4.69, 9.17) is 0 Å². The summed E-state index contributed by atoms with van der Waals surface area (Å²) in [6, 6.07) is 9.89. The Labute approximate surface area is 123 Å². The van der Waals surface area contributed by atoms with E-state index in [1.807, 2.05) is 24.3 Å². The van der Waals surface area contributed by atoms with E-state index in [0.29, 0.717) is 0 Å². The molecular weight excluding hydrogens is 328 g/mol. The Bertz CT molecular complexity index is 625. The van der Waals surface area contributed by atoms with Crippen LogP contribution in [0.3, 0.4) is 0 Å². The maximum Gasteiger partial charge on any atom is 0.251 e. The van der Waals surface area contributed by atoms with Crippen LogP contribution in [0.15, 0.2) is 46.9 Å². The number of benzene rings is 2. The highest BCUT2D eigenvalue weighted by Gasteiger charge is 2.14. The Morgan fingerprint density at radius 3 is 2.35 bits per heavy atom. The van der Waals surface area contributed by atoms with E-state index in [0.717, 1.165) is 28.2 Å². The normalized spacial score (nSPS) is 12.0. The van der Waals surface area contributed by atoms with Gasteiger partial charge < -0.3 is 5.32 Å². The van der Waals surface area contributed by atoms with Crippen molar-refractivity contribution < 1.29 is 13.6 Å². The summed E-state index contributed by atoms with van der Waals surface area (Å²) in [4.78, 5) is 12.0. The van der Waals surface area contributed by atoms with Crippen LogP contribution in [0.2, 0.25) is 0 Å². The zero-order valence-corrected chi connectivity index (χ0v) is 12.2. The molecule has 20 heavy (non-hydrogen) atoms. The molecule has 0 saturated carbocycles. The zero-order valence-electron chi connectivity index (χ0n) is 10.7. The fourth-order valence-electron chi connectivity index (χ4n) is 1.87. The molecule has 1 amide bonds. The van der Waals surface area contributed by atoms with Gasteiger partial charge in [0.15, 0.2) is 0 Å². The van der Waals surface area contributed by atoms with Crippen molar-refractivity contribution in [1.29, 1.82) is 0 Å². The molecule has 0 unspecified atom stereocenters. The predicted octanol–water partition coefficient (Wildman–Crippen LogP) is 4.22. The van der Waals surface area contributed by atoms with Crippen LogP contribution in [0.5, 0.6) is 0 Å². The van der Waals surface area contributed by atoms with E-state index in [1.54, 1.807) is 6.92 Å². The minimum Gasteiger partial charge on any atom is -0.345 e. The van der Waals surface area contributed by atoms with Crippen LogP contribution in [-0.4, -0.2) is 5.91 Å².